The molecule has 8 heteroatoms. The molecule has 0 unspecified atom stereocenters. The van der Waals surface area contributed by atoms with E-state index in [4.69, 9.17) is 13.0 Å². The van der Waals surface area contributed by atoms with Gasteiger partial charge in [-0.1, -0.05) is 0 Å². The van der Waals surface area contributed by atoms with Crippen LogP contribution in [0.3, 0.4) is 0 Å². The minimum atomic E-state index is -6.09. The van der Waals surface area contributed by atoms with Gasteiger partial charge in [0.05, 0.1) is 0 Å². The van der Waals surface area contributed by atoms with Crippen molar-refractivity contribution in [1.82, 2.24) is 0 Å². The highest BCUT2D eigenvalue weighted by Crippen LogP contribution is 2.20. The summed E-state index contributed by atoms with van der Waals surface area (Å²) < 4.78 is 61.0. The third kappa shape index (κ3) is 5.14. The van der Waals surface area contributed by atoms with Crippen LogP contribution in [0.15, 0.2) is 18.3 Å². The van der Waals surface area contributed by atoms with Crippen LogP contribution in [0, 0.1) is 13.8 Å². The summed E-state index contributed by atoms with van der Waals surface area (Å²) in [6.07, 6.45) is 2.06. The Bertz CT molecular complexity index is 462. The van der Waals surface area contributed by atoms with Crippen molar-refractivity contribution in [3.63, 3.8) is 0 Å². The summed E-state index contributed by atoms with van der Waals surface area (Å²) in [4.78, 5) is 0. The van der Waals surface area contributed by atoms with Gasteiger partial charge in [-0.2, -0.15) is 13.2 Å². The van der Waals surface area contributed by atoms with Crippen molar-refractivity contribution in [3.8, 4) is 0 Å². The number of hydrogen-bond acceptors (Lipinski definition) is 3. The fourth-order valence-electron chi connectivity index (χ4n) is 0.827. The van der Waals surface area contributed by atoms with E-state index in [1.54, 1.807) is 0 Å². The molecule has 0 spiro atoms. The van der Waals surface area contributed by atoms with Crippen LogP contribution in [0.25, 0.3) is 0 Å². The van der Waals surface area contributed by atoms with Gasteiger partial charge in [-0.3, -0.25) is 0 Å². The average molecular weight is 271 g/mol. The Hall–Kier alpha value is -1.15. The maximum absolute atomic E-state index is 10.7. The van der Waals surface area contributed by atoms with Gasteiger partial charge in [0.15, 0.2) is 22.0 Å². The molecule has 0 aromatic carbocycles. The first-order valence-corrected chi connectivity index (χ1v) is 5.81. The van der Waals surface area contributed by atoms with Crippen molar-refractivity contribution in [2.75, 3.05) is 0 Å². The molecule has 0 saturated carbocycles. The van der Waals surface area contributed by atoms with Crippen LogP contribution in [0.4, 0.5) is 13.2 Å². The van der Waals surface area contributed by atoms with Crippen LogP contribution in [0.1, 0.15) is 11.3 Å². The van der Waals surface area contributed by atoms with E-state index in [1.807, 2.05) is 0 Å². The maximum atomic E-state index is 10.7. The molecule has 0 aliphatic rings. The third-order valence-corrected chi connectivity index (χ3v) is 2.61. The molecule has 1 aromatic rings. The van der Waals surface area contributed by atoms with Gasteiger partial charge >= 0.3 is 5.51 Å². The lowest BCUT2D eigenvalue weighted by Gasteiger charge is -2.08. The zero-order valence-electron chi connectivity index (χ0n) is 9.45. The molecule has 4 nitrogen and oxygen atoms in total. The molecule has 0 saturated heterocycles. The van der Waals surface area contributed by atoms with Gasteiger partial charge in [-0.15, -0.1) is 0 Å². The smallest absolute Gasteiger partial charge is 0.485 e. The van der Waals surface area contributed by atoms with Crippen LogP contribution < -0.4 is 4.57 Å². The Balaban J connectivity index is 0.000000304. The van der Waals surface area contributed by atoms with Crippen LogP contribution >= 0.6 is 0 Å². The lowest BCUT2D eigenvalue weighted by Crippen LogP contribution is -2.31. The fraction of sp³-hybridized carbons (Fsp3) is 0.444. The molecule has 0 atom stereocenters. The molecule has 1 rings (SSSR count). The molecule has 0 aliphatic carbocycles. The minimum Gasteiger partial charge on any atom is -0.741 e. The van der Waals surface area contributed by atoms with Gasteiger partial charge in [-0.05, 0) is 13.0 Å². The Labute approximate surface area is 97.5 Å². The summed E-state index contributed by atoms with van der Waals surface area (Å²) in [5, 5.41) is 0. The van der Waals surface area contributed by atoms with E-state index < -0.39 is 15.6 Å². The molecule has 98 valence electrons. The minimum absolute atomic E-state index is 1.33. The number of hydrogen-bond donors (Lipinski definition) is 0. The Morgan fingerprint density at radius 3 is 1.94 bits per heavy atom. The van der Waals surface area contributed by atoms with E-state index in [2.05, 4.69) is 43.8 Å². The lowest BCUT2D eigenvalue weighted by molar-refractivity contribution is -0.678. The first-order chi connectivity index (χ1) is 7.47. The fourth-order valence-corrected chi connectivity index (χ4v) is 0.827. The largest absolute Gasteiger partial charge is 0.741 e. The highest BCUT2D eigenvalue weighted by Gasteiger charge is 2.36. The zero-order chi connectivity index (χ0) is 13.9. The molecule has 0 fully saturated rings. The summed E-state index contributed by atoms with van der Waals surface area (Å²) in [5.41, 5.74) is -2.97. The van der Waals surface area contributed by atoms with Gasteiger partial charge in [-0.25, -0.2) is 13.0 Å². The number of aryl methyl sites for hydroxylation is 2. The van der Waals surface area contributed by atoms with Gasteiger partial charge < -0.3 is 4.55 Å². The lowest BCUT2D eigenvalue weighted by atomic mass is 10.2. The highest BCUT2D eigenvalue weighted by molar-refractivity contribution is 7.86. The van der Waals surface area contributed by atoms with Crippen LogP contribution in [-0.2, 0) is 17.2 Å². The first-order valence-electron chi connectivity index (χ1n) is 4.41. The van der Waals surface area contributed by atoms with Crippen molar-refractivity contribution in [2.45, 2.75) is 19.4 Å². The van der Waals surface area contributed by atoms with Gasteiger partial charge in [0.25, 0.3) is 0 Å². The number of halogens is 3. The Kier molecular flexibility index (Phi) is 5.09. The van der Waals surface area contributed by atoms with Crippen molar-refractivity contribution in [3.05, 3.63) is 29.6 Å². The van der Waals surface area contributed by atoms with E-state index in [1.165, 1.54) is 11.3 Å². The standard InChI is InChI=1S/C8H12N.CHF3O3S/c1-7-5-4-6-9(3)8(7)2;2-1(3,4)8(5,6)7/h4-6H,1-3H3;(H,5,6,7)/q+1;/p-1. The van der Waals surface area contributed by atoms with Crippen molar-refractivity contribution in [2.24, 2.45) is 7.05 Å². The molecule has 0 aliphatic heterocycles. The van der Waals surface area contributed by atoms with Gasteiger partial charge in [0.1, 0.15) is 7.05 Å². The van der Waals surface area contributed by atoms with Crippen molar-refractivity contribution in [1.29, 1.82) is 0 Å². The normalized spacial score (nSPS) is 11.7. The summed E-state index contributed by atoms with van der Waals surface area (Å²) in [5.74, 6) is 0. The van der Waals surface area contributed by atoms with E-state index in [0.717, 1.165) is 0 Å². The van der Waals surface area contributed by atoms with Gasteiger partial charge in [0.2, 0.25) is 0 Å². The van der Waals surface area contributed by atoms with Crippen LogP contribution in [0.5, 0.6) is 0 Å². The molecular weight excluding hydrogens is 259 g/mol. The molecular formula is C9H12F3NO3S. The number of rotatable bonds is 0. The first kappa shape index (κ1) is 15.9. The number of pyridine rings is 1. The molecule has 17 heavy (non-hydrogen) atoms. The van der Waals surface area contributed by atoms with E-state index in [9.17, 15) is 13.2 Å². The summed E-state index contributed by atoms with van der Waals surface area (Å²) in [6, 6.07) is 4.18. The van der Waals surface area contributed by atoms with E-state index in [-0.39, 0.29) is 0 Å². The topological polar surface area (TPSA) is 61.1 Å². The Morgan fingerprint density at radius 2 is 1.71 bits per heavy atom. The predicted octanol–water partition coefficient (Wildman–Crippen LogP) is 1.18. The molecule has 0 radical (unpaired) electrons. The maximum Gasteiger partial charge on any atom is 0.485 e. The second-order valence-electron chi connectivity index (χ2n) is 3.29. The quantitative estimate of drug-likeness (QED) is 0.404. The van der Waals surface area contributed by atoms with Gasteiger partial charge in [0, 0.05) is 18.6 Å². The molecule has 1 aromatic heterocycles. The molecule has 1 heterocycles. The SMILES string of the molecule is Cc1ccc[n+](C)c1C.O=S(=O)([O-])C(F)(F)F. The van der Waals surface area contributed by atoms with Crippen LogP contribution in [0.2, 0.25) is 0 Å². The average Bonchev–Trinajstić information content (AvgIpc) is 2.12. The molecule has 0 N–H and O–H groups in total. The van der Waals surface area contributed by atoms with E-state index in [0.29, 0.717) is 0 Å². The monoisotopic (exact) mass is 271 g/mol. The second-order valence-corrected chi connectivity index (χ2v) is 4.66. The Morgan fingerprint density at radius 1 is 1.29 bits per heavy atom. The third-order valence-electron chi connectivity index (χ3n) is 2.04. The summed E-state index contributed by atoms with van der Waals surface area (Å²) >= 11 is 0. The number of nitrogens with zero attached hydrogens (tertiary/aromatic N) is 1. The second kappa shape index (κ2) is 5.46. The van der Waals surface area contributed by atoms with Crippen molar-refractivity contribution >= 4 is 10.1 Å². The van der Waals surface area contributed by atoms with Crippen LogP contribution in [-0.4, -0.2) is 18.5 Å². The number of aromatic nitrogens is 1. The zero-order valence-corrected chi connectivity index (χ0v) is 10.3. The van der Waals surface area contributed by atoms with Crippen molar-refractivity contribution < 1.29 is 30.7 Å². The highest BCUT2D eigenvalue weighted by atomic mass is 32.2. The molecule has 0 bridgehead atoms. The molecule has 0 amide bonds. The summed E-state index contributed by atoms with van der Waals surface area (Å²) in [6.45, 7) is 4.24. The van der Waals surface area contributed by atoms with E-state index >= 15 is 0 Å². The summed E-state index contributed by atoms with van der Waals surface area (Å²) in [7, 11) is -4.03. The number of alkyl halides is 3. The predicted molar refractivity (Wildman–Crippen MR) is 52.8 cm³/mol.